The summed E-state index contributed by atoms with van der Waals surface area (Å²) in [5.41, 5.74) is 0.326. The second-order valence-electron chi connectivity index (χ2n) is 3.67. The van der Waals surface area contributed by atoms with E-state index in [1.165, 1.54) is 17.8 Å². The van der Waals surface area contributed by atoms with Gasteiger partial charge in [-0.05, 0) is 18.2 Å². The molecule has 7 heteroatoms. The van der Waals surface area contributed by atoms with Crippen LogP contribution in [0.25, 0.3) is 11.3 Å². The third-order valence-electron chi connectivity index (χ3n) is 2.44. The zero-order valence-corrected chi connectivity index (χ0v) is 9.25. The summed E-state index contributed by atoms with van der Waals surface area (Å²) in [6.45, 7) is 0. The lowest BCUT2D eigenvalue weighted by molar-refractivity contribution is 0.0689. The van der Waals surface area contributed by atoms with Crippen LogP contribution >= 0.6 is 0 Å². The second-order valence-corrected chi connectivity index (χ2v) is 3.67. The minimum Gasteiger partial charge on any atom is -0.504 e. The molecule has 0 aliphatic heterocycles. The molecule has 0 atom stereocenters. The Kier molecular flexibility index (Phi) is 2.66. The van der Waals surface area contributed by atoms with Crippen molar-refractivity contribution < 1.29 is 24.5 Å². The fourth-order valence-corrected chi connectivity index (χ4v) is 1.57. The predicted molar refractivity (Wildman–Crippen MR) is 58.9 cm³/mol. The first-order valence-corrected chi connectivity index (χ1v) is 4.89. The molecule has 0 amide bonds. The molecule has 0 saturated heterocycles. The van der Waals surface area contributed by atoms with Gasteiger partial charge >= 0.3 is 5.97 Å². The number of halogens is 1. The predicted octanol–water partition coefficient (Wildman–Crippen LogP) is 1.34. The van der Waals surface area contributed by atoms with Crippen molar-refractivity contribution in [3.63, 3.8) is 0 Å². The molecule has 1 heterocycles. The van der Waals surface area contributed by atoms with Gasteiger partial charge < -0.3 is 15.3 Å². The monoisotopic (exact) mass is 252 g/mol. The van der Waals surface area contributed by atoms with Crippen molar-refractivity contribution in [2.75, 3.05) is 0 Å². The highest BCUT2D eigenvalue weighted by molar-refractivity contribution is 5.87. The number of aromatic hydroxyl groups is 2. The van der Waals surface area contributed by atoms with E-state index in [-0.39, 0.29) is 11.3 Å². The molecule has 1 aromatic carbocycles. The highest BCUT2D eigenvalue weighted by Gasteiger charge is 2.16. The molecule has 0 aliphatic carbocycles. The molecular weight excluding hydrogens is 243 g/mol. The van der Waals surface area contributed by atoms with Crippen LogP contribution in [0.2, 0.25) is 0 Å². The molecule has 0 unspecified atom stereocenters. The Bertz CT molecular complexity index is 613. The summed E-state index contributed by atoms with van der Waals surface area (Å²) >= 11 is 0. The number of aromatic nitrogens is 2. The molecule has 0 fully saturated rings. The van der Waals surface area contributed by atoms with Gasteiger partial charge in [0.15, 0.2) is 23.0 Å². The van der Waals surface area contributed by atoms with E-state index < -0.39 is 23.3 Å². The van der Waals surface area contributed by atoms with Crippen LogP contribution in [0.5, 0.6) is 11.5 Å². The van der Waals surface area contributed by atoms with E-state index in [2.05, 4.69) is 5.10 Å². The average Bonchev–Trinajstić information content (AvgIpc) is 2.68. The number of phenols is 2. The number of benzene rings is 1. The van der Waals surface area contributed by atoms with Gasteiger partial charge in [0.25, 0.3) is 0 Å². The van der Waals surface area contributed by atoms with E-state index in [0.29, 0.717) is 5.69 Å². The van der Waals surface area contributed by atoms with Crippen LogP contribution in [0, 0.1) is 5.82 Å². The maximum Gasteiger partial charge on any atom is 0.356 e. The summed E-state index contributed by atoms with van der Waals surface area (Å²) in [5.74, 6) is -3.68. The first kappa shape index (κ1) is 11.9. The number of carboxylic acid groups (broad SMARTS) is 1. The number of aromatic carboxylic acids is 1. The Balaban J connectivity index is 2.58. The van der Waals surface area contributed by atoms with Gasteiger partial charge in [0.2, 0.25) is 0 Å². The molecule has 0 saturated carbocycles. The van der Waals surface area contributed by atoms with Crippen LogP contribution in [0.4, 0.5) is 4.39 Å². The third-order valence-corrected chi connectivity index (χ3v) is 2.44. The number of aryl methyl sites for hydroxylation is 1. The number of carboxylic acids is 1. The summed E-state index contributed by atoms with van der Waals surface area (Å²) in [6, 6.07) is 3.35. The van der Waals surface area contributed by atoms with Gasteiger partial charge in [-0.1, -0.05) is 0 Å². The molecule has 6 nitrogen and oxygen atoms in total. The molecule has 18 heavy (non-hydrogen) atoms. The van der Waals surface area contributed by atoms with Gasteiger partial charge in [0.1, 0.15) is 0 Å². The molecule has 94 valence electrons. The lowest BCUT2D eigenvalue weighted by atomic mass is 10.1. The van der Waals surface area contributed by atoms with Gasteiger partial charge in [-0.15, -0.1) is 0 Å². The molecule has 2 rings (SSSR count). The standard InChI is InChI=1S/C11H9FN2O4/c1-14-8(4-7(13-14)11(17)18)5-2-6(12)10(16)9(15)3-5/h2-4,15-16H,1H3,(H,17,18). The fraction of sp³-hybridized carbons (Fsp3) is 0.0909. The maximum absolute atomic E-state index is 13.3. The average molecular weight is 252 g/mol. The molecular formula is C11H9FN2O4. The van der Waals surface area contributed by atoms with Gasteiger partial charge in [-0.3, -0.25) is 4.68 Å². The van der Waals surface area contributed by atoms with Crippen LogP contribution in [0.15, 0.2) is 18.2 Å². The number of rotatable bonds is 2. The van der Waals surface area contributed by atoms with E-state index in [9.17, 15) is 14.3 Å². The zero-order chi connectivity index (χ0) is 13.4. The van der Waals surface area contributed by atoms with Gasteiger partial charge in [-0.2, -0.15) is 5.10 Å². The Morgan fingerprint density at radius 2 is 2.00 bits per heavy atom. The van der Waals surface area contributed by atoms with Crippen molar-refractivity contribution in [2.45, 2.75) is 0 Å². The van der Waals surface area contributed by atoms with Crippen molar-refractivity contribution in [3.05, 3.63) is 29.7 Å². The number of hydrogen-bond donors (Lipinski definition) is 3. The largest absolute Gasteiger partial charge is 0.504 e. The molecule has 0 spiro atoms. The second kappa shape index (κ2) is 4.02. The van der Waals surface area contributed by atoms with Crippen LogP contribution in [0.1, 0.15) is 10.5 Å². The molecule has 2 aromatic rings. The highest BCUT2D eigenvalue weighted by Crippen LogP contribution is 2.33. The van der Waals surface area contributed by atoms with Crippen molar-refractivity contribution in [2.24, 2.45) is 7.05 Å². The summed E-state index contributed by atoms with van der Waals surface area (Å²) < 4.78 is 14.5. The summed E-state index contributed by atoms with van der Waals surface area (Å²) in [4.78, 5) is 10.7. The van der Waals surface area contributed by atoms with Crippen LogP contribution in [-0.4, -0.2) is 31.1 Å². The van der Waals surface area contributed by atoms with E-state index in [4.69, 9.17) is 10.2 Å². The number of hydrogen-bond acceptors (Lipinski definition) is 4. The Hall–Kier alpha value is -2.57. The number of phenolic OH excluding ortho intramolecular Hbond substituents is 2. The van der Waals surface area contributed by atoms with Gasteiger partial charge in [0.05, 0.1) is 5.69 Å². The Morgan fingerprint density at radius 1 is 1.33 bits per heavy atom. The first-order chi connectivity index (χ1) is 8.40. The van der Waals surface area contributed by atoms with Gasteiger partial charge in [-0.25, -0.2) is 9.18 Å². The topological polar surface area (TPSA) is 95.6 Å². The Labute approximate surface area is 101 Å². The molecule has 0 aliphatic rings. The van der Waals surface area contributed by atoms with Crippen LogP contribution in [0.3, 0.4) is 0 Å². The summed E-state index contributed by atoms with van der Waals surface area (Å²) in [6.07, 6.45) is 0. The highest BCUT2D eigenvalue weighted by atomic mass is 19.1. The summed E-state index contributed by atoms with van der Waals surface area (Å²) in [7, 11) is 1.49. The van der Waals surface area contributed by atoms with E-state index in [0.717, 1.165) is 12.1 Å². The van der Waals surface area contributed by atoms with E-state index in [1.54, 1.807) is 0 Å². The minimum absolute atomic E-state index is 0.194. The number of carbonyl (C=O) groups is 1. The normalized spacial score (nSPS) is 10.6. The van der Waals surface area contributed by atoms with Crippen molar-refractivity contribution in [3.8, 4) is 22.8 Å². The third kappa shape index (κ3) is 1.86. The fourth-order valence-electron chi connectivity index (χ4n) is 1.57. The maximum atomic E-state index is 13.3. The lowest BCUT2D eigenvalue weighted by Gasteiger charge is -2.05. The minimum atomic E-state index is -1.21. The van der Waals surface area contributed by atoms with Crippen LogP contribution < -0.4 is 0 Å². The number of nitrogens with zero attached hydrogens (tertiary/aromatic N) is 2. The Morgan fingerprint density at radius 3 is 2.50 bits per heavy atom. The molecule has 3 N–H and O–H groups in total. The van der Waals surface area contributed by atoms with E-state index in [1.807, 2.05) is 0 Å². The lowest BCUT2D eigenvalue weighted by Crippen LogP contribution is -1.99. The van der Waals surface area contributed by atoms with Crippen molar-refractivity contribution >= 4 is 5.97 Å². The molecule has 1 aromatic heterocycles. The molecule has 0 bridgehead atoms. The van der Waals surface area contributed by atoms with Crippen molar-refractivity contribution in [1.29, 1.82) is 0 Å². The van der Waals surface area contributed by atoms with Crippen LogP contribution in [-0.2, 0) is 7.05 Å². The smallest absolute Gasteiger partial charge is 0.356 e. The quantitative estimate of drug-likeness (QED) is 0.701. The SMILES string of the molecule is Cn1nc(C(=O)O)cc1-c1cc(O)c(O)c(F)c1. The van der Waals surface area contributed by atoms with E-state index >= 15 is 0 Å². The molecule has 0 radical (unpaired) electrons. The van der Waals surface area contributed by atoms with Crippen molar-refractivity contribution in [1.82, 2.24) is 9.78 Å². The van der Waals surface area contributed by atoms with Gasteiger partial charge in [0, 0.05) is 12.6 Å². The zero-order valence-electron chi connectivity index (χ0n) is 9.25. The first-order valence-electron chi connectivity index (χ1n) is 4.89. The summed E-state index contributed by atoms with van der Waals surface area (Å²) in [5, 5.41) is 30.9.